The number of nitrogens with zero attached hydrogens (tertiary/aromatic N) is 1. The van der Waals surface area contributed by atoms with E-state index < -0.39 is 0 Å². The Kier molecular flexibility index (Phi) is 2.68. The Hall–Kier alpha value is -1.42. The van der Waals surface area contributed by atoms with E-state index in [0.29, 0.717) is 11.6 Å². The second kappa shape index (κ2) is 3.87. The van der Waals surface area contributed by atoms with Crippen molar-refractivity contribution in [1.82, 2.24) is 0 Å². The molecule has 0 unspecified atom stereocenters. The minimum atomic E-state index is -0.363. The highest BCUT2D eigenvalue weighted by atomic mass is 32.1. The highest BCUT2D eigenvalue weighted by Crippen LogP contribution is 2.26. The van der Waals surface area contributed by atoms with Crippen LogP contribution < -0.4 is 0 Å². The van der Waals surface area contributed by atoms with Gasteiger partial charge in [0.05, 0.1) is 0 Å². The Labute approximate surface area is 98.5 Å². The molecule has 1 aromatic heterocycles. The Morgan fingerprint density at radius 1 is 1.44 bits per heavy atom. The Balaban J connectivity index is 2.31. The van der Waals surface area contributed by atoms with Crippen LogP contribution >= 0.6 is 11.3 Å². The monoisotopic (exact) mass is 235 g/mol. The van der Waals surface area contributed by atoms with E-state index in [4.69, 9.17) is 4.74 Å². The van der Waals surface area contributed by atoms with E-state index >= 15 is 0 Å². The van der Waals surface area contributed by atoms with E-state index in [1.54, 1.807) is 17.4 Å². The summed E-state index contributed by atoms with van der Waals surface area (Å²) in [5.41, 5.74) is 0.146. The molecule has 2 heterocycles. The summed E-state index contributed by atoms with van der Waals surface area (Å²) in [7, 11) is 0. The fourth-order valence-corrected chi connectivity index (χ4v) is 1.89. The van der Waals surface area contributed by atoms with Gasteiger partial charge in [0.25, 0.3) is 0 Å². The molecule has 2 rings (SSSR count). The van der Waals surface area contributed by atoms with Crippen LogP contribution in [0, 0.1) is 5.41 Å². The predicted molar refractivity (Wildman–Crippen MR) is 65.3 cm³/mol. The molecule has 0 radical (unpaired) electrons. The van der Waals surface area contributed by atoms with Gasteiger partial charge in [-0.2, -0.15) is 0 Å². The van der Waals surface area contributed by atoms with Crippen LogP contribution in [0.15, 0.2) is 28.2 Å². The fourth-order valence-electron chi connectivity index (χ4n) is 1.24. The minimum absolute atomic E-state index is 0.235. The summed E-state index contributed by atoms with van der Waals surface area (Å²) in [6.07, 6.45) is 1.76. The SMILES string of the molecule is CC(C)(C)C1=N/C(=C\c2cccs2)C(=O)O1. The van der Waals surface area contributed by atoms with Crippen molar-refractivity contribution >= 4 is 29.3 Å². The van der Waals surface area contributed by atoms with Gasteiger partial charge in [-0.3, -0.25) is 0 Å². The van der Waals surface area contributed by atoms with Gasteiger partial charge in [0.15, 0.2) is 5.70 Å². The average molecular weight is 235 g/mol. The Bertz CT molecular complexity index is 464. The summed E-state index contributed by atoms with van der Waals surface area (Å²) >= 11 is 1.57. The van der Waals surface area contributed by atoms with Gasteiger partial charge in [0, 0.05) is 10.3 Å². The normalized spacial score (nSPS) is 18.8. The highest BCUT2D eigenvalue weighted by molar-refractivity contribution is 7.10. The van der Waals surface area contributed by atoms with Gasteiger partial charge in [-0.25, -0.2) is 9.79 Å². The van der Waals surface area contributed by atoms with Crippen molar-refractivity contribution in [2.24, 2.45) is 10.4 Å². The van der Waals surface area contributed by atoms with Gasteiger partial charge in [-0.15, -0.1) is 11.3 Å². The van der Waals surface area contributed by atoms with Gasteiger partial charge >= 0.3 is 5.97 Å². The summed E-state index contributed by atoms with van der Waals surface area (Å²) in [6, 6.07) is 3.88. The third kappa shape index (κ3) is 2.22. The van der Waals surface area contributed by atoms with Crippen molar-refractivity contribution in [3.63, 3.8) is 0 Å². The van der Waals surface area contributed by atoms with E-state index in [2.05, 4.69) is 4.99 Å². The molecule has 1 aromatic rings. The number of ether oxygens (including phenoxy) is 1. The highest BCUT2D eigenvalue weighted by Gasteiger charge is 2.31. The van der Waals surface area contributed by atoms with E-state index in [0.717, 1.165) is 4.88 Å². The molecule has 0 fully saturated rings. The predicted octanol–water partition coefficient (Wildman–Crippen LogP) is 3.09. The molecule has 16 heavy (non-hydrogen) atoms. The summed E-state index contributed by atoms with van der Waals surface area (Å²) in [4.78, 5) is 16.8. The van der Waals surface area contributed by atoms with Crippen LogP contribution in [0.2, 0.25) is 0 Å². The number of cyclic esters (lactones) is 1. The number of carbonyl (C=O) groups is 1. The molecule has 0 aliphatic carbocycles. The van der Waals surface area contributed by atoms with Gasteiger partial charge < -0.3 is 4.74 Å². The third-order valence-corrected chi connectivity index (χ3v) is 2.90. The van der Waals surface area contributed by atoms with Crippen molar-refractivity contribution in [1.29, 1.82) is 0 Å². The Morgan fingerprint density at radius 2 is 2.19 bits per heavy atom. The van der Waals surface area contributed by atoms with E-state index in [-0.39, 0.29) is 11.4 Å². The molecule has 1 aliphatic heterocycles. The number of esters is 1. The van der Waals surface area contributed by atoms with Gasteiger partial charge in [0.2, 0.25) is 5.90 Å². The van der Waals surface area contributed by atoms with Crippen LogP contribution in [0.3, 0.4) is 0 Å². The molecule has 0 spiro atoms. The summed E-state index contributed by atoms with van der Waals surface area (Å²) in [6.45, 7) is 5.90. The summed E-state index contributed by atoms with van der Waals surface area (Å²) in [5.74, 6) is 0.124. The Morgan fingerprint density at radius 3 is 2.69 bits per heavy atom. The third-order valence-electron chi connectivity index (χ3n) is 2.08. The smallest absolute Gasteiger partial charge is 0.363 e. The zero-order valence-electron chi connectivity index (χ0n) is 9.48. The molecule has 0 saturated heterocycles. The lowest BCUT2D eigenvalue weighted by atomic mass is 9.97. The second-order valence-electron chi connectivity index (χ2n) is 4.60. The van der Waals surface area contributed by atoms with Crippen LogP contribution in [0.25, 0.3) is 6.08 Å². The first-order valence-corrected chi connectivity index (χ1v) is 5.91. The standard InChI is InChI=1S/C12H13NO2S/c1-12(2,3)11-13-9(10(14)15-11)7-8-5-4-6-16-8/h4-7H,1-3H3/b9-7-. The second-order valence-corrected chi connectivity index (χ2v) is 5.58. The van der Waals surface area contributed by atoms with Crippen LogP contribution in [-0.4, -0.2) is 11.9 Å². The van der Waals surface area contributed by atoms with Crippen molar-refractivity contribution in [2.75, 3.05) is 0 Å². The van der Waals surface area contributed by atoms with Crippen molar-refractivity contribution in [2.45, 2.75) is 20.8 Å². The summed E-state index contributed by atoms with van der Waals surface area (Å²) in [5, 5.41) is 1.96. The van der Waals surface area contributed by atoms with Crippen molar-refractivity contribution in [3.8, 4) is 0 Å². The molecule has 0 aromatic carbocycles. The molecule has 3 nitrogen and oxygen atoms in total. The lowest BCUT2D eigenvalue weighted by molar-refractivity contribution is -0.130. The maximum Gasteiger partial charge on any atom is 0.363 e. The lowest BCUT2D eigenvalue weighted by Gasteiger charge is -2.15. The van der Waals surface area contributed by atoms with Crippen molar-refractivity contribution in [3.05, 3.63) is 28.1 Å². The van der Waals surface area contributed by atoms with Crippen LogP contribution in [0.5, 0.6) is 0 Å². The molecule has 1 aliphatic rings. The van der Waals surface area contributed by atoms with Crippen molar-refractivity contribution < 1.29 is 9.53 Å². The zero-order valence-corrected chi connectivity index (χ0v) is 10.3. The van der Waals surface area contributed by atoms with E-state index in [1.165, 1.54) is 0 Å². The average Bonchev–Trinajstić information content (AvgIpc) is 2.76. The molecule has 0 bridgehead atoms. The summed E-state index contributed by atoms with van der Waals surface area (Å²) < 4.78 is 5.13. The van der Waals surface area contributed by atoms with E-state index in [9.17, 15) is 4.79 Å². The number of aliphatic imine (C=N–C) groups is 1. The lowest BCUT2D eigenvalue weighted by Crippen LogP contribution is -2.21. The zero-order chi connectivity index (χ0) is 11.8. The largest absolute Gasteiger partial charge is 0.406 e. The van der Waals surface area contributed by atoms with Crippen LogP contribution in [0.1, 0.15) is 25.6 Å². The number of carbonyl (C=O) groups excluding carboxylic acids is 1. The van der Waals surface area contributed by atoms with Gasteiger partial charge in [-0.1, -0.05) is 26.8 Å². The number of hydrogen-bond donors (Lipinski definition) is 0. The molecule has 0 saturated carbocycles. The first-order chi connectivity index (χ1) is 7.47. The van der Waals surface area contributed by atoms with E-state index in [1.807, 2.05) is 38.3 Å². The maximum absolute atomic E-state index is 11.6. The van der Waals surface area contributed by atoms with Crippen LogP contribution in [0.4, 0.5) is 0 Å². The number of thiophene rings is 1. The first-order valence-electron chi connectivity index (χ1n) is 5.03. The quantitative estimate of drug-likeness (QED) is 0.554. The fraction of sp³-hybridized carbons (Fsp3) is 0.333. The van der Waals surface area contributed by atoms with Gasteiger partial charge in [-0.05, 0) is 17.5 Å². The molecular formula is C12H13NO2S. The molecule has 84 valence electrons. The molecule has 0 atom stereocenters. The first kappa shape index (κ1) is 11.1. The molecule has 0 N–H and O–H groups in total. The van der Waals surface area contributed by atoms with Crippen LogP contribution in [-0.2, 0) is 9.53 Å². The maximum atomic E-state index is 11.6. The van der Waals surface area contributed by atoms with Gasteiger partial charge in [0.1, 0.15) is 0 Å². The minimum Gasteiger partial charge on any atom is -0.406 e. The topological polar surface area (TPSA) is 38.7 Å². The molecule has 0 amide bonds. The molecular weight excluding hydrogens is 222 g/mol. The molecule has 4 heteroatoms. The number of hydrogen-bond acceptors (Lipinski definition) is 4. The number of rotatable bonds is 1.